The molecule has 0 nitrogen and oxygen atoms in total. The zero-order valence-electron chi connectivity index (χ0n) is 3.79. The van der Waals surface area contributed by atoms with E-state index in [2.05, 4.69) is 16.7 Å². The molecule has 0 rings (SSSR count). The van der Waals surface area contributed by atoms with E-state index in [0.29, 0.717) is 0 Å². The second kappa shape index (κ2) is 30.2. The van der Waals surface area contributed by atoms with Crippen LogP contribution in [0.2, 0.25) is 0 Å². The van der Waals surface area contributed by atoms with Crippen molar-refractivity contribution in [1.82, 2.24) is 0 Å². The van der Waals surface area contributed by atoms with E-state index in [0.717, 1.165) is 6.42 Å². The van der Waals surface area contributed by atoms with E-state index in [1.165, 1.54) is 16.7 Å². The molecule has 0 bridgehead atoms. The number of hydrogen-bond donors (Lipinski definition) is 0. The minimum absolute atomic E-state index is 0. The maximum absolute atomic E-state index is 4.64. The summed E-state index contributed by atoms with van der Waals surface area (Å²) in [6.45, 7) is 5.50. The summed E-state index contributed by atoms with van der Waals surface area (Å²) in [5, 5.41) is 0. The molecular weight excluding hydrogens is 103 g/mol. The van der Waals surface area contributed by atoms with Crippen LogP contribution in [0.15, 0.2) is 0 Å². The van der Waals surface area contributed by atoms with Crippen LogP contribution in [0.1, 0.15) is 13.3 Å². The van der Waals surface area contributed by atoms with Gasteiger partial charge in [0.25, 0.3) is 0 Å². The van der Waals surface area contributed by atoms with Gasteiger partial charge >= 0.3 is 49.6 Å². The molecule has 31 valence electrons. The maximum atomic E-state index is 4.64. The van der Waals surface area contributed by atoms with Crippen LogP contribution < -0.4 is 0 Å². The number of halogens is 1. The summed E-state index contributed by atoms with van der Waals surface area (Å²) in [6, 6.07) is 0. The van der Waals surface area contributed by atoms with Crippen molar-refractivity contribution in [2.24, 2.45) is 0 Å². The molecule has 0 heterocycles. The molecule has 0 unspecified atom stereocenters. The van der Waals surface area contributed by atoms with Gasteiger partial charge in [0.15, 0.2) is 0 Å². The molecule has 0 aromatic rings. The minimum Gasteiger partial charge on any atom is 0.316 e. The van der Waals surface area contributed by atoms with Gasteiger partial charge < -0.3 is 0 Å². The van der Waals surface area contributed by atoms with Crippen molar-refractivity contribution in [3.05, 3.63) is 6.92 Å². The Kier molecular flexibility index (Phi) is 78.8. The largest absolute Gasteiger partial charge is 0.316 e. The number of hydrogen-bond acceptors (Lipinski definition) is 0. The van der Waals surface area contributed by atoms with Crippen LogP contribution in [0.3, 0.4) is 0 Å². The van der Waals surface area contributed by atoms with E-state index in [1.807, 2.05) is 6.92 Å². The minimum atomic E-state index is 0. The molecule has 0 saturated carbocycles. The van der Waals surface area contributed by atoms with Gasteiger partial charge in [-0.05, 0) is 0 Å². The van der Waals surface area contributed by atoms with Crippen LogP contribution in [0.4, 0.5) is 0 Å². The SMILES string of the molecule is [CH2]CC.[Li][Cl].[MgH2]. The molecule has 0 atom stereocenters. The summed E-state index contributed by atoms with van der Waals surface area (Å²) in [4.78, 5) is 0. The molecule has 0 aromatic heterocycles. The Balaban J connectivity index is -0.0000000275. The average Bonchev–Trinajstić information content (AvgIpc) is 1.46. The molecule has 3 heteroatoms. The van der Waals surface area contributed by atoms with Crippen LogP contribution in [0.5, 0.6) is 0 Å². The zero-order valence-corrected chi connectivity index (χ0v) is 4.55. The van der Waals surface area contributed by atoms with Gasteiger partial charge in [-0.3, -0.25) is 0 Å². The van der Waals surface area contributed by atoms with Gasteiger partial charge in [0.1, 0.15) is 0 Å². The summed E-state index contributed by atoms with van der Waals surface area (Å²) in [5.41, 5.74) is 0. The molecule has 0 aliphatic rings. The fourth-order valence-corrected chi connectivity index (χ4v) is 0. The maximum Gasteiger partial charge on any atom is 0.316 e. The first-order valence-corrected chi connectivity index (χ1v) is 2.34. The van der Waals surface area contributed by atoms with Crippen LogP contribution >= 0.6 is 9.80 Å². The summed E-state index contributed by atoms with van der Waals surface area (Å²) in [7, 11) is 4.64. The van der Waals surface area contributed by atoms with Gasteiger partial charge in [0.2, 0.25) is 0 Å². The van der Waals surface area contributed by atoms with Gasteiger partial charge in [0, 0.05) is 0 Å². The van der Waals surface area contributed by atoms with Crippen LogP contribution in [-0.4, -0.2) is 39.8 Å². The van der Waals surface area contributed by atoms with Crippen molar-refractivity contribution >= 4 is 49.6 Å². The first-order chi connectivity index (χ1) is 2.41. The topological polar surface area (TPSA) is 0 Å². The molecular formula is C3H9ClLiMg. The zero-order chi connectivity index (χ0) is 4.71. The van der Waals surface area contributed by atoms with Crippen LogP contribution in [0, 0.1) is 6.92 Å². The summed E-state index contributed by atoms with van der Waals surface area (Å²) in [5.74, 6) is 0. The van der Waals surface area contributed by atoms with E-state index >= 15 is 0 Å². The first-order valence-electron chi connectivity index (χ1n) is 1.59. The third-order valence-corrected chi connectivity index (χ3v) is 0. The summed E-state index contributed by atoms with van der Waals surface area (Å²) < 4.78 is 0. The predicted octanol–water partition coefficient (Wildman–Crippen LogP) is 0.623. The summed E-state index contributed by atoms with van der Waals surface area (Å²) in [6.07, 6.45) is 1.00. The van der Waals surface area contributed by atoms with Gasteiger partial charge in [-0.25, -0.2) is 0 Å². The van der Waals surface area contributed by atoms with Crippen molar-refractivity contribution in [1.29, 1.82) is 0 Å². The van der Waals surface area contributed by atoms with Gasteiger partial charge in [0.05, 0.1) is 0 Å². The van der Waals surface area contributed by atoms with E-state index < -0.39 is 0 Å². The van der Waals surface area contributed by atoms with Crippen molar-refractivity contribution in [3.63, 3.8) is 0 Å². The standard InChI is InChI=1S/C3H7.ClH.Li.Mg.2H/c1-3-2;;;;;/h1,3H2,2H3;1H;;;;/q;;+1;;;/p-1. The van der Waals surface area contributed by atoms with Crippen molar-refractivity contribution in [2.45, 2.75) is 13.3 Å². The van der Waals surface area contributed by atoms with E-state index in [1.54, 1.807) is 0 Å². The van der Waals surface area contributed by atoms with Gasteiger partial charge in [-0.15, -0.1) is 0 Å². The Hall–Kier alpha value is 1.65. The molecule has 0 aliphatic carbocycles. The Morgan fingerprint density at radius 3 is 1.67 bits per heavy atom. The fourth-order valence-electron chi connectivity index (χ4n) is 0. The quantitative estimate of drug-likeness (QED) is 0.403. The molecule has 0 saturated heterocycles. The van der Waals surface area contributed by atoms with E-state index in [-0.39, 0.29) is 23.1 Å². The molecule has 0 fully saturated rings. The second-order valence-corrected chi connectivity index (χ2v) is 0.500. The van der Waals surface area contributed by atoms with Crippen molar-refractivity contribution in [3.8, 4) is 0 Å². The Bertz CT molecular complexity index is 10.8. The Morgan fingerprint density at radius 1 is 1.67 bits per heavy atom. The van der Waals surface area contributed by atoms with Gasteiger partial charge in [-0.2, -0.15) is 0 Å². The Morgan fingerprint density at radius 2 is 1.67 bits per heavy atom. The fraction of sp³-hybridized carbons (Fsp3) is 0.667. The third kappa shape index (κ3) is 44.8. The number of rotatable bonds is 0. The molecule has 0 amide bonds. The molecule has 0 aromatic carbocycles. The third-order valence-electron chi connectivity index (χ3n) is 0. The molecule has 0 aliphatic heterocycles. The van der Waals surface area contributed by atoms with E-state index in [9.17, 15) is 0 Å². The molecule has 0 N–H and O–H groups in total. The van der Waals surface area contributed by atoms with E-state index in [4.69, 9.17) is 0 Å². The second-order valence-electron chi connectivity index (χ2n) is 0.500. The molecule has 1 radical (unpaired) electrons. The monoisotopic (exact) mass is 111 g/mol. The van der Waals surface area contributed by atoms with Crippen molar-refractivity contribution in [2.75, 3.05) is 0 Å². The average molecular weight is 112 g/mol. The predicted molar refractivity (Wildman–Crippen MR) is 35.8 cm³/mol. The summed E-state index contributed by atoms with van der Waals surface area (Å²) >= 11 is 1.47. The molecule has 0 spiro atoms. The normalized spacial score (nSPS) is 4.17. The van der Waals surface area contributed by atoms with Crippen LogP contribution in [-0.2, 0) is 0 Å². The van der Waals surface area contributed by atoms with Gasteiger partial charge in [-0.1, -0.05) is 20.3 Å². The Labute approximate surface area is 69.5 Å². The van der Waals surface area contributed by atoms with Crippen molar-refractivity contribution < 1.29 is 0 Å². The smallest absolute Gasteiger partial charge is 0.316 e. The molecule has 6 heavy (non-hydrogen) atoms. The van der Waals surface area contributed by atoms with Crippen LogP contribution in [0.25, 0.3) is 0 Å². The first kappa shape index (κ1) is 15.6.